The zero-order valence-corrected chi connectivity index (χ0v) is 26.7. The third kappa shape index (κ3) is 12.8. The van der Waals surface area contributed by atoms with E-state index in [4.69, 9.17) is 9.47 Å². The van der Waals surface area contributed by atoms with Crippen LogP contribution in [-0.4, -0.2) is 47.6 Å². The van der Waals surface area contributed by atoms with Crippen molar-refractivity contribution in [3.63, 3.8) is 0 Å². The molecule has 3 atom stereocenters. The highest BCUT2D eigenvalue weighted by Crippen LogP contribution is 2.12. The summed E-state index contributed by atoms with van der Waals surface area (Å²) in [4.78, 5) is 53.4. The smallest absolute Gasteiger partial charge is 0.408 e. The summed E-state index contributed by atoms with van der Waals surface area (Å²) in [7, 11) is 0. The molecule has 3 rings (SSSR count). The monoisotopic (exact) mass is 615 g/mol. The Morgan fingerprint density at radius 1 is 0.622 bits per heavy atom. The molecule has 0 aliphatic heterocycles. The highest BCUT2D eigenvalue weighted by molar-refractivity contribution is 5.93. The molecule has 0 aromatic heterocycles. The van der Waals surface area contributed by atoms with Crippen molar-refractivity contribution in [2.24, 2.45) is 5.92 Å². The number of benzene rings is 3. The average Bonchev–Trinajstić information content (AvgIpc) is 2.99. The molecule has 0 saturated heterocycles. The van der Waals surface area contributed by atoms with Crippen LogP contribution < -0.4 is 16.0 Å². The number of hydrogen-bond donors (Lipinski definition) is 3. The van der Waals surface area contributed by atoms with Crippen LogP contribution in [0.25, 0.3) is 0 Å². The Kier molecular flexibility index (Phi) is 13.1. The number of rotatable bonds is 14. The van der Waals surface area contributed by atoms with E-state index in [1.54, 1.807) is 20.8 Å². The van der Waals surface area contributed by atoms with Crippen LogP contribution in [0.15, 0.2) is 91.0 Å². The summed E-state index contributed by atoms with van der Waals surface area (Å²) in [6.07, 6.45) is -0.0628. The van der Waals surface area contributed by atoms with E-state index in [1.165, 1.54) is 0 Å². The fourth-order valence-corrected chi connectivity index (χ4v) is 4.63. The van der Waals surface area contributed by atoms with Crippen LogP contribution in [-0.2, 0) is 43.3 Å². The molecular weight excluding hydrogens is 570 g/mol. The topological polar surface area (TPSA) is 123 Å². The first-order chi connectivity index (χ1) is 21.4. The molecule has 0 bridgehead atoms. The summed E-state index contributed by atoms with van der Waals surface area (Å²) >= 11 is 0. The summed E-state index contributed by atoms with van der Waals surface area (Å²) in [6.45, 7) is 9.17. The van der Waals surface area contributed by atoms with Crippen LogP contribution in [0.3, 0.4) is 0 Å². The van der Waals surface area contributed by atoms with Crippen LogP contribution in [0.2, 0.25) is 0 Å². The molecular formula is C36H45N3O6. The minimum atomic E-state index is -1.05. The quantitative estimate of drug-likeness (QED) is 0.216. The third-order valence-corrected chi connectivity index (χ3v) is 6.74. The average molecular weight is 616 g/mol. The maximum Gasteiger partial charge on any atom is 0.408 e. The van der Waals surface area contributed by atoms with Gasteiger partial charge >= 0.3 is 12.1 Å². The highest BCUT2D eigenvalue weighted by atomic mass is 16.6. The number of esters is 1. The van der Waals surface area contributed by atoms with E-state index in [0.717, 1.165) is 16.7 Å². The molecule has 3 N–H and O–H groups in total. The number of amides is 3. The molecule has 0 aliphatic carbocycles. The van der Waals surface area contributed by atoms with Crippen molar-refractivity contribution in [3.8, 4) is 0 Å². The van der Waals surface area contributed by atoms with Crippen molar-refractivity contribution >= 4 is 23.9 Å². The molecule has 0 fully saturated rings. The van der Waals surface area contributed by atoms with E-state index in [2.05, 4.69) is 16.0 Å². The van der Waals surface area contributed by atoms with Crippen LogP contribution in [0, 0.1) is 5.92 Å². The lowest BCUT2D eigenvalue weighted by molar-refractivity contribution is -0.149. The minimum Gasteiger partial charge on any atom is -0.459 e. The van der Waals surface area contributed by atoms with Crippen molar-refractivity contribution in [2.45, 2.75) is 84.2 Å². The van der Waals surface area contributed by atoms with Crippen molar-refractivity contribution in [1.82, 2.24) is 16.0 Å². The van der Waals surface area contributed by atoms with E-state index in [0.29, 0.717) is 6.42 Å². The fourth-order valence-electron chi connectivity index (χ4n) is 4.63. The molecule has 0 heterocycles. The minimum absolute atomic E-state index is 0.0752. The molecule has 3 aromatic rings. The second-order valence-electron chi connectivity index (χ2n) is 12.4. The van der Waals surface area contributed by atoms with E-state index < -0.39 is 47.6 Å². The van der Waals surface area contributed by atoms with Gasteiger partial charge in [-0.2, -0.15) is 0 Å². The zero-order chi connectivity index (χ0) is 32.8. The maximum atomic E-state index is 13.8. The van der Waals surface area contributed by atoms with Gasteiger partial charge in [-0.15, -0.1) is 0 Å². The van der Waals surface area contributed by atoms with E-state index in [1.807, 2.05) is 105 Å². The fraction of sp³-hybridized carbons (Fsp3) is 0.389. The van der Waals surface area contributed by atoms with Gasteiger partial charge in [0, 0.05) is 12.8 Å². The lowest BCUT2D eigenvalue weighted by atomic mass is 10.0. The predicted molar refractivity (Wildman–Crippen MR) is 173 cm³/mol. The van der Waals surface area contributed by atoms with Gasteiger partial charge in [-0.25, -0.2) is 9.59 Å². The largest absolute Gasteiger partial charge is 0.459 e. The van der Waals surface area contributed by atoms with Gasteiger partial charge in [-0.05, 0) is 49.8 Å². The van der Waals surface area contributed by atoms with Crippen molar-refractivity contribution < 1.29 is 28.7 Å². The first-order valence-electron chi connectivity index (χ1n) is 15.3. The maximum absolute atomic E-state index is 13.8. The van der Waals surface area contributed by atoms with E-state index in [-0.39, 0.29) is 25.4 Å². The summed E-state index contributed by atoms with van der Waals surface area (Å²) in [6, 6.07) is 24.8. The summed E-state index contributed by atoms with van der Waals surface area (Å²) in [5.74, 6) is -1.58. The lowest BCUT2D eigenvalue weighted by Gasteiger charge is -2.27. The molecule has 0 spiro atoms. The Morgan fingerprint density at radius 3 is 1.49 bits per heavy atom. The summed E-state index contributed by atoms with van der Waals surface area (Å²) < 4.78 is 11.0. The van der Waals surface area contributed by atoms with Crippen molar-refractivity contribution in [1.29, 1.82) is 0 Å². The summed E-state index contributed by atoms with van der Waals surface area (Å²) in [5, 5.41) is 8.33. The Hall–Kier alpha value is -4.66. The normalized spacial score (nSPS) is 13.2. The molecule has 0 saturated carbocycles. The van der Waals surface area contributed by atoms with Crippen molar-refractivity contribution in [2.75, 3.05) is 0 Å². The van der Waals surface area contributed by atoms with E-state index >= 15 is 0 Å². The number of hydrogen-bond acceptors (Lipinski definition) is 6. The first-order valence-corrected chi connectivity index (χ1v) is 15.3. The van der Waals surface area contributed by atoms with Gasteiger partial charge in [0.25, 0.3) is 0 Å². The molecule has 0 unspecified atom stereocenters. The Morgan fingerprint density at radius 2 is 1.04 bits per heavy atom. The second-order valence-corrected chi connectivity index (χ2v) is 12.4. The van der Waals surface area contributed by atoms with Crippen LogP contribution in [0.4, 0.5) is 4.79 Å². The molecule has 45 heavy (non-hydrogen) atoms. The van der Waals surface area contributed by atoms with Gasteiger partial charge in [-0.1, -0.05) is 105 Å². The molecule has 0 radical (unpaired) electrons. The van der Waals surface area contributed by atoms with Gasteiger partial charge in [0.05, 0.1) is 0 Å². The zero-order valence-electron chi connectivity index (χ0n) is 26.7. The Bertz CT molecular complexity index is 1370. The number of ether oxygens (including phenoxy) is 2. The molecule has 9 heteroatoms. The predicted octanol–water partition coefficient (Wildman–Crippen LogP) is 5.12. The van der Waals surface area contributed by atoms with Crippen LogP contribution in [0.5, 0.6) is 0 Å². The Balaban J connectivity index is 1.81. The van der Waals surface area contributed by atoms with Crippen LogP contribution >= 0.6 is 0 Å². The van der Waals surface area contributed by atoms with Crippen molar-refractivity contribution in [3.05, 3.63) is 108 Å². The van der Waals surface area contributed by atoms with Gasteiger partial charge in [0.15, 0.2) is 0 Å². The lowest BCUT2D eigenvalue weighted by Crippen LogP contribution is -2.57. The van der Waals surface area contributed by atoms with Gasteiger partial charge in [-0.3, -0.25) is 9.59 Å². The SMILES string of the molecule is CC(C)C[C@@H](NC(=O)[C@H](Cc1ccccc1)NC(=O)[C@@H](Cc1ccccc1)NC(=O)OC(C)(C)C)C(=O)OCc1ccccc1. The molecule has 0 aliphatic rings. The standard InChI is InChI=1S/C36H45N3O6/c1-25(2)21-31(34(42)44-24-28-19-13-8-14-20-28)38-32(40)29(22-26-15-9-6-10-16-26)37-33(41)30(23-27-17-11-7-12-18-27)39-35(43)45-36(3,4)5/h6-20,25,29-31H,21-24H2,1-5H3,(H,37,41)(H,38,40)(H,39,43)/t29-,30+,31+/m0/s1. The number of alkyl carbamates (subject to hydrolysis) is 1. The molecule has 3 aromatic carbocycles. The Labute approximate surface area is 266 Å². The third-order valence-electron chi connectivity index (χ3n) is 6.74. The second kappa shape index (κ2) is 17.0. The van der Waals surface area contributed by atoms with E-state index in [9.17, 15) is 19.2 Å². The highest BCUT2D eigenvalue weighted by Gasteiger charge is 2.31. The number of nitrogens with one attached hydrogen (secondary N) is 3. The van der Waals surface area contributed by atoms with Gasteiger partial charge in [0.2, 0.25) is 11.8 Å². The molecule has 240 valence electrons. The first kappa shape index (κ1) is 34.8. The molecule has 3 amide bonds. The van der Waals surface area contributed by atoms with Gasteiger partial charge in [0.1, 0.15) is 30.3 Å². The number of carbonyl (C=O) groups excluding carboxylic acids is 4. The number of carbonyl (C=O) groups is 4. The molecule has 9 nitrogen and oxygen atoms in total. The van der Waals surface area contributed by atoms with Crippen LogP contribution in [0.1, 0.15) is 57.7 Å². The van der Waals surface area contributed by atoms with Gasteiger partial charge < -0.3 is 25.4 Å². The summed E-state index contributed by atoms with van der Waals surface area (Å²) in [5.41, 5.74) is 1.69.